The van der Waals surface area contributed by atoms with E-state index in [2.05, 4.69) is 5.43 Å². The van der Waals surface area contributed by atoms with Gasteiger partial charge in [-0.3, -0.25) is 29.9 Å². The van der Waals surface area contributed by atoms with Gasteiger partial charge in [-0.1, -0.05) is 12.2 Å². The zero-order valence-corrected chi connectivity index (χ0v) is 12.0. The minimum Gasteiger partial charge on any atom is -0.272 e. The summed E-state index contributed by atoms with van der Waals surface area (Å²) in [4.78, 5) is 46.6. The Labute approximate surface area is 130 Å². The zero-order chi connectivity index (χ0) is 16.6. The number of nitrogens with zero attached hydrogens (tertiary/aromatic N) is 2. The van der Waals surface area contributed by atoms with Crippen molar-refractivity contribution in [2.75, 3.05) is 0 Å². The van der Waals surface area contributed by atoms with E-state index in [1.165, 1.54) is 24.3 Å². The molecule has 2 atom stereocenters. The quantitative estimate of drug-likeness (QED) is 0.390. The molecule has 1 fully saturated rings. The minimum absolute atomic E-state index is 0.129. The largest absolute Gasteiger partial charge is 0.272 e. The molecule has 1 aliphatic carbocycles. The van der Waals surface area contributed by atoms with Gasteiger partial charge in [0.1, 0.15) is 0 Å². The topological polar surface area (TPSA) is 110 Å². The molecular weight excluding hydrogens is 302 g/mol. The number of imide groups is 1. The van der Waals surface area contributed by atoms with Gasteiger partial charge in [0.2, 0.25) is 0 Å². The van der Waals surface area contributed by atoms with E-state index < -0.39 is 34.5 Å². The second-order valence-electron chi connectivity index (χ2n) is 5.41. The summed E-state index contributed by atoms with van der Waals surface area (Å²) in [5.41, 5.74) is 2.28. The molecule has 8 nitrogen and oxygen atoms in total. The van der Waals surface area contributed by atoms with Gasteiger partial charge in [0.25, 0.3) is 23.4 Å². The lowest BCUT2D eigenvalue weighted by atomic mass is 9.85. The average Bonchev–Trinajstić information content (AvgIpc) is 2.80. The van der Waals surface area contributed by atoms with Gasteiger partial charge < -0.3 is 0 Å². The number of fused-ring (bicyclic) bond motifs is 1. The standard InChI is InChI=1S/C15H13N3O5/c19-13(9-5-7-10(8-6-9)18(22)23)16-17-14(20)11-3-1-2-4-12(11)15(17)21/h1-2,5-8,11-12H,3-4H2,(H,16,19)/t11-,12-/m1/s1. The smallest absolute Gasteiger partial charge is 0.270 e. The molecule has 2 aliphatic rings. The Morgan fingerprint density at radius 3 is 2.09 bits per heavy atom. The summed E-state index contributed by atoms with van der Waals surface area (Å²) in [7, 11) is 0. The maximum absolute atomic E-state index is 12.2. The van der Waals surface area contributed by atoms with Gasteiger partial charge in [-0.2, -0.15) is 5.01 Å². The molecule has 1 aromatic rings. The molecule has 0 radical (unpaired) electrons. The molecule has 118 valence electrons. The normalized spacial score (nSPS) is 22.9. The average molecular weight is 315 g/mol. The lowest BCUT2D eigenvalue weighted by molar-refractivity contribution is -0.384. The number of hydrogen-bond donors (Lipinski definition) is 1. The predicted molar refractivity (Wildman–Crippen MR) is 77.8 cm³/mol. The van der Waals surface area contributed by atoms with Crippen LogP contribution < -0.4 is 5.43 Å². The highest BCUT2D eigenvalue weighted by atomic mass is 16.6. The van der Waals surface area contributed by atoms with Crippen molar-refractivity contribution in [3.63, 3.8) is 0 Å². The van der Waals surface area contributed by atoms with Gasteiger partial charge in [-0.05, 0) is 25.0 Å². The Hall–Kier alpha value is -3.03. The molecule has 23 heavy (non-hydrogen) atoms. The maximum atomic E-state index is 12.2. The van der Waals surface area contributed by atoms with Crippen LogP contribution >= 0.6 is 0 Å². The summed E-state index contributed by atoms with van der Waals surface area (Å²) in [6, 6.07) is 4.92. The number of hydrazine groups is 1. The summed E-state index contributed by atoms with van der Waals surface area (Å²) < 4.78 is 0. The fourth-order valence-electron chi connectivity index (χ4n) is 2.81. The number of rotatable bonds is 3. The first-order valence-electron chi connectivity index (χ1n) is 7.07. The Kier molecular flexibility index (Phi) is 3.65. The van der Waals surface area contributed by atoms with Crippen LogP contribution in [0.15, 0.2) is 36.4 Å². The van der Waals surface area contributed by atoms with Crippen LogP contribution in [0.4, 0.5) is 5.69 Å². The molecule has 8 heteroatoms. The van der Waals surface area contributed by atoms with E-state index in [1.807, 2.05) is 12.2 Å². The lowest BCUT2D eigenvalue weighted by Gasteiger charge is -2.15. The van der Waals surface area contributed by atoms with E-state index in [1.54, 1.807) is 0 Å². The van der Waals surface area contributed by atoms with Gasteiger partial charge >= 0.3 is 0 Å². The first-order valence-corrected chi connectivity index (χ1v) is 7.07. The van der Waals surface area contributed by atoms with Crippen molar-refractivity contribution in [2.45, 2.75) is 12.8 Å². The van der Waals surface area contributed by atoms with Crippen molar-refractivity contribution < 1.29 is 19.3 Å². The molecular formula is C15H13N3O5. The van der Waals surface area contributed by atoms with Crippen molar-refractivity contribution in [1.82, 2.24) is 10.4 Å². The Balaban J connectivity index is 1.74. The van der Waals surface area contributed by atoms with Gasteiger partial charge in [-0.15, -0.1) is 0 Å². The summed E-state index contributed by atoms with van der Waals surface area (Å²) in [5.74, 6) is -2.35. The first-order chi connectivity index (χ1) is 11.0. The van der Waals surface area contributed by atoms with Crippen LogP contribution in [0.3, 0.4) is 0 Å². The molecule has 1 heterocycles. The van der Waals surface area contributed by atoms with Crippen LogP contribution in [0.2, 0.25) is 0 Å². The van der Waals surface area contributed by atoms with Crippen molar-refractivity contribution >= 4 is 23.4 Å². The predicted octanol–water partition coefficient (Wildman–Crippen LogP) is 1.19. The van der Waals surface area contributed by atoms with Crippen molar-refractivity contribution in [1.29, 1.82) is 0 Å². The molecule has 0 bridgehead atoms. The zero-order valence-electron chi connectivity index (χ0n) is 12.0. The highest BCUT2D eigenvalue weighted by molar-refractivity contribution is 6.08. The van der Waals surface area contributed by atoms with Crippen LogP contribution in [0.1, 0.15) is 23.2 Å². The number of hydrogen-bond acceptors (Lipinski definition) is 5. The third-order valence-electron chi connectivity index (χ3n) is 4.06. The highest BCUT2D eigenvalue weighted by Gasteiger charge is 2.48. The van der Waals surface area contributed by atoms with Gasteiger partial charge in [0.15, 0.2) is 0 Å². The van der Waals surface area contributed by atoms with Gasteiger partial charge in [0.05, 0.1) is 16.8 Å². The summed E-state index contributed by atoms with van der Waals surface area (Å²) >= 11 is 0. The molecule has 3 amide bonds. The van der Waals surface area contributed by atoms with E-state index >= 15 is 0 Å². The molecule has 0 spiro atoms. The Morgan fingerprint density at radius 2 is 1.61 bits per heavy atom. The van der Waals surface area contributed by atoms with Crippen LogP contribution in [0.25, 0.3) is 0 Å². The molecule has 1 aliphatic heterocycles. The molecule has 0 aromatic heterocycles. The number of nitro benzene ring substituents is 1. The molecule has 1 saturated heterocycles. The van der Waals surface area contributed by atoms with Crippen LogP contribution in [0.5, 0.6) is 0 Å². The third kappa shape index (κ3) is 2.59. The summed E-state index contributed by atoms with van der Waals surface area (Å²) in [6.07, 6.45) is 4.68. The Morgan fingerprint density at radius 1 is 1.09 bits per heavy atom. The van der Waals surface area contributed by atoms with Gasteiger partial charge in [0, 0.05) is 17.7 Å². The van der Waals surface area contributed by atoms with Crippen LogP contribution in [0, 0.1) is 22.0 Å². The second kappa shape index (κ2) is 5.64. The van der Waals surface area contributed by atoms with E-state index in [4.69, 9.17) is 0 Å². The number of carbonyl (C=O) groups is 3. The number of benzene rings is 1. The second-order valence-corrected chi connectivity index (χ2v) is 5.41. The monoisotopic (exact) mass is 315 g/mol. The van der Waals surface area contributed by atoms with E-state index in [-0.39, 0.29) is 11.3 Å². The number of allylic oxidation sites excluding steroid dienone is 2. The third-order valence-corrected chi connectivity index (χ3v) is 4.06. The van der Waals surface area contributed by atoms with Crippen LogP contribution in [-0.4, -0.2) is 27.7 Å². The first kappa shape index (κ1) is 14.9. The SMILES string of the molecule is O=C(NN1C(=O)[C@@H]2CC=CC[C@H]2C1=O)c1ccc([N+](=O)[O-])cc1. The number of nitro groups is 1. The van der Waals surface area contributed by atoms with E-state index in [9.17, 15) is 24.5 Å². The summed E-state index contributed by atoms with van der Waals surface area (Å²) in [6.45, 7) is 0. The number of nitrogens with one attached hydrogen (secondary N) is 1. The van der Waals surface area contributed by atoms with Gasteiger partial charge in [-0.25, -0.2) is 0 Å². The van der Waals surface area contributed by atoms with E-state index in [0.29, 0.717) is 12.8 Å². The fourth-order valence-corrected chi connectivity index (χ4v) is 2.81. The Bertz CT molecular complexity index is 699. The van der Waals surface area contributed by atoms with Crippen LogP contribution in [-0.2, 0) is 9.59 Å². The number of carbonyl (C=O) groups excluding carboxylic acids is 3. The van der Waals surface area contributed by atoms with Crippen molar-refractivity contribution in [3.05, 3.63) is 52.1 Å². The maximum Gasteiger partial charge on any atom is 0.270 e. The van der Waals surface area contributed by atoms with E-state index in [0.717, 1.165) is 5.01 Å². The summed E-state index contributed by atoms with van der Waals surface area (Å²) in [5, 5.41) is 11.4. The molecule has 1 N–H and O–H groups in total. The molecule has 1 aromatic carbocycles. The number of amides is 3. The highest BCUT2D eigenvalue weighted by Crippen LogP contribution is 2.34. The minimum atomic E-state index is -0.659. The fraction of sp³-hybridized carbons (Fsp3) is 0.267. The molecule has 3 rings (SSSR count). The number of non-ortho nitro benzene ring substituents is 1. The lowest BCUT2D eigenvalue weighted by Crippen LogP contribution is -2.46. The van der Waals surface area contributed by atoms with Crippen molar-refractivity contribution in [3.8, 4) is 0 Å². The molecule has 0 unspecified atom stereocenters. The van der Waals surface area contributed by atoms with Crippen molar-refractivity contribution in [2.24, 2.45) is 11.8 Å². The molecule has 0 saturated carbocycles.